The summed E-state index contributed by atoms with van der Waals surface area (Å²) in [5.74, 6) is 0.954. The molecule has 0 aliphatic carbocycles. The van der Waals surface area contributed by atoms with Crippen LogP contribution in [-0.2, 0) is 6.54 Å². The molecule has 0 aliphatic rings. The average molecular weight is 314 g/mol. The van der Waals surface area contributed by atoms with Gasteiger partial charge in [0.05, 0.1) is 6.54 Å². The topological polar surface area (TPSA) is 68.6 Å². The average Bonchev–Trinajstić information content (AvgIpc) is 3.00. The first kappa shape index (κ1) is 14.2. The summed E-state index contributed by atoms with van der Waals surface area (Å²) in [5.41, 5.74) is 5.63. The summed E-state index contributed by atoms with van der Waals surface area (Å²) in [5, 5.41) is 13.0. The van der Waals surface area contributed by atoms with E-state index in [1.54, 1.807) is 12.4 Å². The molecule has 24 heavy (non-hydrogen) atoms. The van der Waals surface area contributed by atoms with Crippen LogP contribution in [0.25, 0.3) is 16.7 Å². The molecule has 0 aliphatic heterocycles. The van der Waals surface area contributed by atoms with E-state index in [1.807, 2.05) is 49.4 Å². The van der Waals surface area contributed by atoms with Gasteiger partial charge in [0.2, 0.25) is 11.5 Å². The van der Waals surface area contributed by atoms with Gasteiger partial charge in [-0.05, 0) is 42.3 Å². The van der Waals surface area contributed by atoms with Crippen molar-refractivity contribution in [1.82, 2.24) is 9.97 Å². The summed E-state index contributed by atoms with van der Waals surface area (Å²) in [4.78, 5) is 7.41. The van der Waals surface area contributed by atoms with E-state index in [0.717, 1.165) is 33.6 Å². The van der Waals surface area contributed by atoms with Gasteiger partial charge in [-0.2, -0.15) is 9.66 Å². The predicted molar refractivity (Wildman–Crippen MR) is 92.5 cm³/mol. The number of rotatable bonds is 3. The van der Waals surface area contributed by atoms with Gasteiger partial charge in [0.25, 0.3) is 0 Å². The van der Waals surface area contributed by atoms with Crippen LogP contribution in [0.4, 0.5) is 5.82 Å². The molecule has 3 aromatic heterocycles. The number of nitrogens with one attached hydrogen (secondary N) is 2. The Morgan fingerprint density at radius 2 is 2.00 bits per heavy atom. The highest BCUT2D eigenvalue weighted by Gasteiger charge is 2.19. The van der Waals surface area contributed by atoms with E-state index in [0.29, 0.717) is 12.1 Å². The van der Waals surface area contributed by atoms with Crippen molar-refractivity contribution in [2.24, 2.45) is 0 Å². The first-order chi connectivity index (χ1) is 11.8. The number of aryl methyl sites for hydroxylation is 1. The molecule has 3 heterocycles. The van der Waals surface area contributed by atoms with Gasteiger partial charge >= 0.3 is 0 Å². The van der Waals surface area contributed by atoms with E-state index < -0.39 is 0 Å². The monoisotopic (exact) mass is 314 g/mol. The van der Waals surface area contributed by atoms with Crippen LogP contribution in [0.1, 0.15) is 16.7 Å². The molecule has 0 spiro atoms. The molecule has 0 bridgehead atoms. The second-order valence-corrected chi connectivity index (χ2v) is 5.73. The lowest BCUT2D eigenvalue weighted by Crippen LogP contribution is -2.27. The Morgan fingerprint density at radius 1 is 1.21 bits per heavy atom. The lowest BCUT2D eigenvalue weighted by molar-refractivity contribution is -0.465. The number of benzene rings is 1. The Morgan fingerprint density at radius 3 is 2.79 bits per heavy atom. The number of hydrogen-bond donors (Lipinski definition) is 2. The van der Waals surface area contributed by atoms with Gasteiger partial charge in [0.15, 0.2) is 0 Å². The normalized spacial score (nSPS) is 10.8. The third-order valence-electron chi connectivity index (χ3n) is 4.18. The highest BCUT2D eigenvalue weighted by Crippen LogP contribution is 2.20. The molecular formula is C19H16N5+. The Kier molecular flexibility index (Phi) is 3.36. The van der Waals surface area contributed by atoms with Crippen LogP contribution in [0.15, 0.2) is 54.9 Å². The van der Waals surface area contributed by atoms with Crippen LogP contribution in [0.2, 0.25) is 0 Å². The summed E-state index contributed by atoms with van der Waals surface area (Å²) < 4.78 is 2.07. The van der Waals surface area contributed by atoms with Crippen molar-refractivity contribution in [2.45, 2.75) is 13.5 Å². The summed E-state index contributed by atoms with van der Waals surface area (Å²) >= 11 is 0. The number of para-hydroxylation sites is 2. The number of fused-ring (bicyclic) bond motifs is 3. The van der Waals surface area contributed by atoms with E-state index in [1.165, 1.54) is 0 Å². The molecule has 1 aromatic carbocycles. The molecule has 5 nitrogen and oxygen atoms in total. The zero-order chi connectivity index (χ0) is 16.5. The van der Waals surface area contributed by atoms with Crippen molar-refractivity contribution < 1.29 is 4.40 Å². The minimum Gasteiger partial charge on any atom is -0.301 e. The van der Waals surface area contributed by atoms with Crippen molar-refractivity contribution >= 4 is 22.5 Å². The standard InChI is InChI=1S/C19H15N5/c1-13-10-18(22-12-14-6-8-21-9-7-14)24-17-5-3-2-4-16(17)23-19(24)15(13)11-20/h2-10H,12H2,1H3,(H,22,23)/p+1. The fraction of sp³-hybridized carbons (Fsp3) is 0.105. The summed E-state index contributed by atoms with van der Waals surface area (Å²) in [6.07, 6.45) is 3.57. The molecular weight excluding hydrogens is 298 g/mol. The smallest absolute Gasteiger partial charge is 0.250 e. The number of anilines is 1. The molecule has 2 N–H and O–H groups in total. The number of hydrogen-bond acceptors (Lipinski definition) is 3. The lowest BCUT2D eigenvalue weighted by atomic mass is 10.1. The molecule has 116 valence electrons. The fourth-order valence-corrected chi connectivity index (χ4v) is 3.00. The predicted octanol–water partition coefficient (Wildman–Crippen LogP) is 3.09. The van der Waals surface area contributed by atoms with Crippen molar-refractivity contribution in [3.05, 3.63) is 71.5 Å². The molecule has 0 radical (unpaired) electrons. The summed E-state index contributed by atoms with van der Waals surface area (Å²) in [6.45, 7) is 2.65. The fourth-order valence-electron chi connectivity index (χ4n) is 3.00. The highest BCUT2D eigenvalue weighted by molar-refractivity contribution is 5.77. The van der Waals surface area contributed by atoms with Crippen molar-refractivity contribution in [2.75, 3.05) is 5.32 Å². The van der Waals surface area contributed by atoms with Crippen molar-refractivity contribution in [1.29, 1.82) is 5.26 Å². The number of aromatic amines is 1. The third kappa shape index (κ3) is 2.25. The molecule has 0 fully saturated rings. The molecule has 0 atom stereocenters. The molecule has 4 aromatic rings. The number of imidazole rings is 1. The Balaban J connectivity index is 1.90. The van der Waals surface area contributed by atoms with Crippen molar-refractivity contribution in [3.8, 4) is 6.07 Å². The quantitative estimate of drug-likeness (QED) is 0.571. The van der Waals surface area contributed by atoms with E-state index >= 15 is 0 Å². The van der Waals surface area contributed by atoms with E-state index in [9.17, 15) is 5.26 Å². The molecule has 0 saturated carbocycles. The van der Waals surface area contributed by atoms with Crippen LogP contribution in [0, 0.1) is 18.3 Å². The van der Waals surface area contributed by atoms with Crippen LogP contribution < -0.4 is 9.72 Å². The third-order valence-corrected chi connectivity index (χ3v) is 4.18. The number of nitriles is 1. The summed E-state index contributed by atoms with van der Waals surface area (Å²) in [7, 11) is 0. The molecule has 0 saturated heterocycles. The number of H-pyrrole nitrogens is 1. The zero-order valence-electron chi connectivity index (χ0n) is 13.2. The first-order valence-corrected chi connectivity index (χ1v) is 7.77. The summed E-state index contributed by atoms with van der Waals surface area (Å²) in [6, 6.07) is 16.4. The Bertz CT molecular complexity index is 1070. The maximum atomic E-state index is 9.53. The SMILES string of the molecule is Cc1cc(NCc2ccncc2)[n+]2c([nH]c3ccccc32)c1C#N. The van der Waals surface area contributed by atoms with Crippen LogP contribution >= 0.6 is 0 Å². The second-order valence-electron chi connectivity index (χ2n) is 5.73. The van der Waals surface area contributed by atoms with E-state index in [2.05, 4.69) is 25.8 Å². The molecule has 0 unspecified atom stereocenters. The van der Waals surface area contributed by atoms with Gasteiger partial charge in [-0.1, -0.05) is 12.1 Å². The first-order valence-electron chi connectivity index (χ1n) is 7.77. The van der Waals surface area contributed by atoms with E-state index in [4.69, 9.17) is 0 Å². The minimum atomic E-state index is 0.667. The van der Waals surface area contributed by atoms with Gasteiger partial charge in [0, 0.05) is 18.5 Å². The van der Waals surface area contributed by atoms with Gasteiger partial charge in [-0.15, -0.1) is 0 Å². The lowest BCUT2D eigenvalue weighted by Gasteiger charge is -2.06. The Labute approximate surface area is 139 Å². The second kappa shape index (κ2) is 5.67. The maximum absolute atomic E-state index is 9.53. The van der Waals surface area contributed by atoms with Gasteiger partial charge in [0.1, 0.15) is 22.7 Å². The van der Waals surface area contributed by atoms with Crippen molar-refractivity contribution in [3.63, 3.8) is 0 Å². The van der Waals surface area contributed by atoms with Crippen LogP contribution in [0.3, 0.4) is 0 Å². The van der Waals surface area contributed by atoms with Gasteiger partial charge in [-0.3, -0.25) is 9.97 Å². The zero-order valence-corrected chi connectivity index (χ0v) is 13.2. The van der Waals surface area contributed by atoms with Crippen LogP contribution in [0.5, 0.6) is 0 Å². The number of pyridine rings is 2. The minimum absolute atomic E-state index is 0.667. The largest absolute Gasteiger partial charge is 0.301 e. The van der Waals surface area contributed by atoms with Gasteiger partial charge < -0.3 is 5.32 Å². The number of nitrogens with zero attached hydrogens (tertiary/aromatic N) is 3. The molecule has 4 rings (SSSR count). The molecule has 5 heteroatoms. The van der Waals surface area contributed by atoms with E-state index in [-0.39, 0.29) is 0 Å². The van der Waals surface area contributed by atoms with Gasteiger partial charge in [-0.25, -0.2) is 0 Å². The number of aromatic nitrogens is 3. The maximum Gasteiger partial charge on any atom is 0.250 e. The highest BCUT2D eigenvalue weighted by atomic mass is 15.1. The van der Waals surface area contributed by atoms with Crippen LogP contribution in [-0.4, -0.2) is 9.97 Å². The Hall–Kier alpha value is -3.39. The molecule has 0 amide bonds.